The number of ether oxygens (including phenoxy) is 1. The highest BCUT2D eigenvalue weighted by Crippen LogP contribution is 2.38. The third kappa shape index (κ3) is 2.22. The summed E-state index contributed by atoms with van der Waals surface area (Å²) < 4.78 is 5.80. The molecule has 1 aromatic carbocycles. The molecule has 1 aliphatic rings. The Morgan fingerprint density at radius 2 is 1.94 bits per heavy atom. The van der Waals surface area contributed by atoms with Crippen molar-refractivity contribution in [3.63, 3.8) is 0 Å². The van der Waals surface area contributed by atoms with Crippen LogP contribution >= 0.6 is 0 Å². The minimum Gasteiger partial charge on any atom is -0.504 e. The van der Waals surface area contributed by atoms with E-state index in [4.69, 9.17) is 4.74 Å². The SMILES string of the molecule is CC1(Oc2cccc(O)c2O)CCNCC1. The number of phenolic OH excluding ortho intramolecular Hbond substituents is 2. The molecule has 0 radical (unpaired) electrons. The van der Waals surface area contributed by atoms with Crippen molar-refractivity contribution in [3.05, 3.63) is 18.2 Å². The summed E-state index contributed by atoms with van der Waals surface area (Å²) in [7, 11) is 0. The molecule has 2 rings (SSSR count). The van der Waals surface area contributed by atoms with E-state index in [-0.39, 0.29) is 17.1 Å². The fourth-order valence-electron chi connectivity index (χ4n) is 1.92. The van der Waals surface area contributed by atoms with Crippen LogP contribution in [0.2, 0.25) is 0 Å². The van der Waals surface area contributed by atoms with Crippen molar-refractivity contribution in [2.45, 2.75) is 25.4 Å². The first-order valence-electron chi connectivity index (χ1n) is 5.51. The highest BCUT2D eigenvalue weighted by Gasteiger charge is 2.29. The number of rotatable bonds is 2. The number of para-hydroxylation sites is 1. The maximum Gasteiger partial charge on any atom is 0.200 e. The molecule has 3 N–H and O–H groups in total. The average Bonchev–Trinajstić information content (AvgIpc) is 2.26. The lowest BCUT2D eigenvalue weighted by Crippen LogP contribution is -2.43. The van der Waals surface area contributed by atoms with Crippen molar-refractivity contribution >= 4 is 0 Å². The summed E-state index contributed by atoms with van der Waals surface area (Å²) >= 11 is 0. The van der Waals surface area contributed by atoms with Gasteiger partial charge in [0.05, 0.1) is 0 Å². The monoisotopic (exact) mass is 223 g/mol. The molecule has 0 unspecified atom stereocenters. The second kappa shape index (κ2) is 4.22. The zero-order chi connectivity index (χ0) is 11.6. The van der Waals surface area contributed by atoms with Crippen LogP contribution in [0.5, 0.6) is 17.2 Å². The lowest BCUT2D eigenvalue weighted by Gasteiger charge is -2.34. The molecular weight excluding hydrogens is 206 g/mol. The van der Waals surface area contributed by atoms with Crippen LogP contribution in [0.4, 0.5) is 0 Å². The maximum absolute atomic E-state index is 9.65. The quantitative estimate of drug-likeness (QED) is 0.667. The minimum absolute atomic E-state index is 0.143. The molecule has 16 heavy (non-hydrogen) atoms. The smallest absolute Gasteiger partial charge is 0.200 e. The molecule has 1 heterocycles. The van der Waals surface area contributed by atoms with Crippen molar-refractivity contribution in [1.82, 2.24) is 5.32 Å². The van der Waals surface area contributed by atoms with Gasteiger partial charge in [-0.05, 0) is 45.0 Å². The van der Waals surface area contributed by atoms with Crippen molar-refractivity contribution in [2.75, 3.05) is 13.1 Å². The summed E-state index contributed by atoms with van der Waals surface area (Å²) in [6.07, 6.45) is 1.78. The molecule has 4 nitrogen and oxygen atoms in total. The van der Waals surface area contributed by atoms with Crippen LogP contribution in [0.15, 0.2) is 18.2 Å². The first-order chi connectivity index (χ1) is 7.61. The minimum atomic E-state index is -0.267. The number of hydrogen-bond acceptors (Lipinski definition) is 4. The Balaban J connectivity index is 2.16. The Hall–Kier alpha value is -1.42. The summed E-state index contributed by atoms with van der Waals surface area (Å²) in [6.45, 7) is 3.85. The van der Waals surface area contributed by atoms with Crippen LogP contribution in [0.1, 0.15) is 19.8 Å². The third-order valence-electron chi connectivity index (χ3n) is 3.00. The van der Waals surface area contributed by atoms with Gasteiger partial charge in [-0.25, -0.2) is 0 Å². The Kier molecular flexibility index (Phi) is 2.92. The van der Waals surface area contributed by atoms with Crippen LogP contribution < -0.4 is 10.1 Å². The summed E-state index contributed by atoms with van der Waals surface area (Å²) in [6, 6.07) is 4.77. The molecule has 0 bridgehead atoms. The van der Waals surface area contributed by atoms with Gasteiger partial charge < -0.3 is 20.3 Å². The fraction of sp³-hybridized carbons (Fsp3) is 0.500. The number of hydrogen-bond donors (Lipinski definition) is 3. The van der Waals surface area contributed by atoms with E-state index < -0.39 is 0 Å². The highest BCUT2D eigenvalue weighted by atomic mass is 16.5. The molecule has 0 aromatic heterocycles. The van der Waals surface area contributed by atoms with Gasteiger partial charge in [0.15, 0.2) is 11.5 Å². The molecule has 0 aliphatic carbocycles. The lowest BCUT2D eigenvalue weighted by atomic mass is 9.94. The third-order valence-corrected chi connectivity index (χ3v) is 3.00. The van der Waals surface area contributed by atoms with E-state index in [1.165, 1.54) is 6.07 Å². The van der Waals surface area contributed by atoms with E-state index in [0.717, 1.165) is 25.9 Å². The summed E-state index contributed by atoms with van der Waals surface area (Å²) in [5, 5.41) is 22.3. The van der Waals surface area contributed by atoms with Gasteiger partial charge in [0.25, 0.3) is 0 Å². The van der Waals surface area contributed by atoms with Crippen LogP contribution in [0.3, 0.4) is 0 Å². The normalized spacial score (nSPS) is 19.3. The molecule has 0 atom stereocenters. The molecule has 1 saturated heterocycles. The summed E-state index contributed by atoms with van der Waals surface area (Å²) in [4.78, 5) is 0. The summed E-state index contributed by atoms with van der Waals surface area (Å²) in [5.74, 6) is 0.0293. The lowest BCUT2D eigenvalue weighted by molar-refractivity contribution is 0.0524. The van der Waals surface area contributed by atoms with Crippen LogP contribution in [0.25, 0.3) is 0 Å². The molecule has 1 fully saturated rings. The van der Waals surface area contributed by atoms with Gasteiger partial charge in [-0.1, -0.05) is 6.07 Å². The van der Waals surface area contributed by atoms with Gasteiger partial charge >= 0.3 is 0 Å². The van der Waals surface area contributed by atoms with Gasteiger partial charge in [0.2, 0.25) is 5.75 Å². The number of nitrogens with one attached hydrogen (secondary N) is 1. The largest absolute Gasteiger partial charge is 0.504 e. The Bertz CT molecular complexity index is 373. The molecule has 4 heteroatoms. The molecule has 0 spiro atoms. The van der Waals surface area contributed by atoms with E-state index in [1.807, 2.05) is 6.92 Å². The van der Waals surface area contributed by atoms with Crippen LogP contribution in [-0.2, 0) is 0 Å². The van der Waals surface area contributed by atoms with Gasteiger partial charge in [0.1, 0.15) is 5.60 Å². The van der Waals surface area contributed by atoms with E-state index in [9.17, 15) is 10.2 Å². The fourth-order valence-corrected chi connectivity index (χ4v) is 1.92. The number of phenols is 2. The Morgan fingerprint density at radius 3 is 2.62 bits per heavy atom. The van der Waals surface area contributed by atoms with Gasteiger partial charge in [0, 0.05) is 0 Å². The van der Waals surface area contributed by atoms with Crippen LogP contribution in [-0.4, -0.2) is 28.9 Å². The zero-order valence-corrected chi connectivity index (χ0v) is 9.36. The van der Waals surface area contributed by atoms with Gasteiger partial charge in [-0.15, -0.1) is 0 Å². The molecule has 0 saturated carbocycles. The van der Waals surface area contributed by atoms with Crippen molar-refractivity contribution in [1.29, 1.82) is 0 Å². The van der Waals surface area contributed by atoms with Crippen molar-refractivity contribution < 1.29 is 14.9 Å². The van der Waals surface area contributed by atoms with E-state index in [0.29, 0.717) is 5.75 Å². The van der Waals surface area contributed by atoms with E-state index >= 15 is 0 Å². The van der Waals surface area contributed by atoms with Crippen molar-refractivity contribution in [2.24, 2.45) is 0 Å². The molecule has 1 aliphatic heterocycles. The molecule has 88 valence electrons. The number of aromatic hydroxyl groups is 2. The van der Waals surface area contributed by atoms with Gasteiger partial charge in [-0.3, -0.25) is 0 Å². The highest BCUT2D eigenvalue weighted by molar-refractivity contribution is 5.49. The first-order valence-corrected chi connectivity index (χ1v) is 5.51. The standard InChI is InChI=1S/C12H17NO3/c1-12(5-7-13-8-6-12)16-10-4-2-3-9(14)11(10)15/h2-4,13-15H,5-8H2,1H3. The molecule has 0 amide bonds. The van der Waals surface area contributed by atoms with Crippen LogP contribution in [0, 0.1) is 0 Å². The Morgan fingerprint density at radius 1 is 1.25 bits per heavy atom. The van der Waals surface area contributed by atoms with E-state index in [1.54, 1.807) is 12.1 Å². The second-order valence-electron chi connectivity index (χ2n) is 4.43. The maximum atomic E-state index is 9.65. The first kappa shape index (κ1) is 11.1. The predicted molar refractivity (Wildman–Crippen MR) is 60.9 cm³/mol. The Labute approximate surface area is 94.9 Å². The topological polar surface area (TPSA) is 61.7 Å². The molecular formula is C12H17NO3. The summed E-state index contributed by atoms with van der Waals surface area (Å²) in [5.41, 5.74) is -0.267. The number of piperidine rings is 1. The molecule has 1 aromatic rings. The van der Waals surface area contributed by atoms with Crippen molar-refractivity contribution in [3.8, 4) is 17.2 Å². The zero-order valence-electron chi connectivity index (χ0n) is 9.36. The predicted octanol–water partition coefficient (Wildman–Crippen LogP) is 1.62. The average molecular weight is 223 g/mol. The van der Waals surface area contributed by atoms with E-state index in [2.05, 4.69) is 5.32 Å². The number of benzene rings is 1. The second-order valence-corrected chi connectivity index (χ2v) is 4.43. The van der Waals surface area contributed by atoms with Gasteiger partial charge in [-0.2, -0.15) is 0 Å².